The second kappa shape index (κ2) is 8.51. The summed E-state index contributed by atoms with van der Waals surface area (Å²) in [7, 11) is 0. The molecule has 2 aromatic carbocycles. The molecule has 4 rings (SSSR count). The third kappa shape index (κ3) is 4.34. The number of piperazine rings is 1. The lowest BCUT2D eigenvalue weighted by Gasteiger charge is -2.36. The van der Waals surface area contributed by atoms with Gasteiger partial charge in [-0.25, -0.2) is 9.18 Å². The first-order valence-electron chi connectivity index (χ1n) is 9.97. The summed E-state index contributed by atoms with van der Waals surface area (Å²) in [5, 5.41) is 0. The molecule has 2 aliphatic rings. The Kier molecular flexibility index (Phi) is 5.64. The number of anilines is 1. The number of hydrogen-bond acceptors (Lipinski definition) is 3. The largest absolute Gasteiger partial charge is 0.366 e. The molecular weight excluding hydrogens is 371 g/mol. The molecule has 0 radical (unpaired) electrons. The molecule has 3 amide bonds. The Bertz CT molecular complexity index is 868. The van der Waals surface area contributed by atoms with Crippen molar-refractivity contribution in [3.05, 3.63) is 66.0 Å². The fourth-order valence-electron chi connectivity index (χ4n) is 3.90. The number of urea groups is 1. The first kappa shape index (κ1) is 19.2. The fourth-order valence-corrected chi connectivity index (χ4v) is 3.90. The molecule has 29 heavy (non-hydrogen) atoms. The third-order valence-corrected chi connectivity index (χ3v) is 5.55. The molecule has 0 unspecified atom stereocenters. The van der Waals surface area contributed by atoms with Gasteiger partial charge in [-0.1, -0.05) is 42.5 Å². The highest BCUT2D eigenvalue weighted by molar-refractivity contribution is 5.85. The maximum atomic E-state index is 14.0. The van der Waals surface area contributed by atoms with E-state index < -0.39 is 0 Å². The van der Waals surface area contributed by atoms with E-state index in [0.717, 1.165) is 5.56 Å². The van der Waals surface area contributed by atoms with Crippen LogP contribution in [0.4, 0.5) is 14.9 Å². The molecule has 0 bridgehead atoms. The Morgan fingerprint density at radius 2 is 1.48 bits per heavy atom. The Hall–Kier alpha value is -3.09. The third-order valence-electron chi connectivity index (χ3n) is 5.55. The van der Waals surface area contributed by atoms with E-state index in [4.69, 9.17) is 0 Å². The average Bonchev–Trinajstić information content (AvgIpc) is 3.08. The Morgan fingerprint density at radius 3 is 2.21 bits per heavy atom. The number of halogens is 1. The van der Waals surface area contributed by atoms with Crippen LogP contribution in [0.25, 0.3) is 0 Å². The summed E-state index contributed by atoms with van der Waals surface area (Å²) in [6, 6.07) is 16.5. The summed E-state index contributed by atoms with van der Waals surface area (Å²) < 4.78 is 14.0. The molecule has 2 fully saturated rings. The molecule has 0 saturated carbocycles. The molecule has 0 spiro atoms. The molecule has 2 saturated heterocycles. The standard InChI is InChI=1S/C22H25FN4O2/c23-19-8-4-5-9-20(19)24-10-12-25(13-11-24)21(28)17-27-15-14-26(22(27)29)16-18-6-2-1-3-7-18/h1-9H,10-17H2. The monoisotopic (exact) mass is 396 g/mol. The van der Waals surface area contributed by atoms with Crippen molar-refractivity contribution in [3.8, 4) is 0 Å². The number of rotatable bonds is 5. The minimum Gasteiger partial charge on any atom is -0.366 e. The van der Waals surface area contributed by atoms with Gasteiger partial charge in [-0.05, 0) is 17.7 Å². The zero-order valence-corrected chi connectivity index (χ0v) is 16.3. The number of para-hydroxylation sites is 1. The van der Waals surface area contributed by atoms with Gasteiger partial charge in [-0.2, -0.15) is 0 Å². The zero-order chi connectivity index (χ0) is 20.2. The van der Waals surface area contributed by atoms with Crippen LogP contribution >= 0.6 is 0 Å². The molecule has 6 nitrogen and oxygen atoms in total. The maximum absolute atomic E-state index is 14.0. The number of carbonyl (C=O) groups is 2. The Morgan fingerprint density at radius 1 is 0.828 bits per heavy atom. The highest BCUT2D eigenvalue weighted by Gasteiger charge is 2.31. The van der Waals surface area contributed by atoms with E-state index >= 15 is 0 Å². The zero-order valence-electron chi connectivity index (χ0n) is 16.3. The quantitative estimate of drug-likeness (QED) is 0.780. The van der Waals surface area contributed by atoms with Crippen molar-refractivity contribution in [1.82, 2.24) is 14.7 Å². The van der Waals surface area contributed by atoms with Gasteiger partial charge in [0.1, 0.15) is 12.4 Å². The lowest BCUT2D eigenvalue weighted by atomic mass is 10.2. The van der Waals surface area contributed by atoms with Gasteiger partial charge in [0.25, 0.3) is 0 Å². The maximum Gasteiger partial charge on any atom is 0.320 e. The van der Waals surface area contributed by atoms with Gasteiger partial charge in [0.2, 0.25) is 5.91 Å². The minimum atomic E-state index is -0.242. The van der Waals surface area contributed by atoms with E-state index in [1.165, 1.54) is 6.07 Å². The van der Waals surface area contributed by atoms with Crippen molar-refractivity contribution in [2.75, 3.05) is 50.7 Å². The van der Waals surface area contributed by atoms with Gasteiger partial charge in [-0.3, -0.25) is 4.79 Å². The first-order chi connectivity index (χ1) is 14.1. The van der Waals surface area contributed by atoms with Gasteiger partial charge in [0, 0.05) is 45.8 Å². The molecule has 0 aromatic heterocycles. The van der Waals surface area contributed by atoms with E-state index in [1.807, 2.05) is 41.3 Å². The predicted molar refractivity (Wildman–Crippen MR) is 109 cm³/mol. The van der Waals surface area contributed by atoms with Crippen molar-refractivity contribution in [1.29, 1.82) is 0 Å². The molecule has 152 valence electrons. The molecule has 2 aromatic rings. The van der Waals surface area contributed by atoms with Crippen LogP contribution in [-0.4, -0.2) is 72.5 Å². The van der Waals surface area contributed by atoms with E-state index in [-0.39, 0.29) is 24.3 Å². The Balaban J connectivity index is 1.28. The van der Waals surface area contributed by atoms with Crippen molar-refractivity contribution in [2.45, 2.75) is 6.54 Å². The normalized spacial score (nSPS) is 17.2. The smallest absolute Gasteiger partial charge is 0.320 e. The lowest BCUT2D eigenvalue weighted by Crippen LogP contribution is -2.51. The topological polar surface area (TPSA) is 47.1 Å². The summed E-state index contributed by atoms with van der Waals surface area (Å²) in [5.74, 6) is -0.290. The second-order valence-corrected chi connectivity index (χ2v) is 7.43. The fraction of sp³-hybridized carbons (Fsp3) is 0.364. The van der Waals surface area contributed by atoms with Gasteiger partial charge < -0.3 is 19.6 Å². The predicted octanol–water partition coefficient (Wildman–Crippen LogP) is 2.41. The SMILES string of the molecule is O=C(CN1CCN(Cc2ccccc2)C1=O)N1CCN(c2ccccc2F)CC1. The molecular formula is C22H25FN4O2. The Labute approximate surface area is 170 Å². The van der Waals surface area contributed by atoms with Gasteiger partial charge in [-0.15, -0.1) is 0 Å². The van der Waals surface area contributed by atoms with Crippen LogP contribution in [0.1, 0.15) is 5.56 Å². The van der Waals surface area contributed by atoms with Crippen molar-refractivity contribution in [3.63, 3.8) is 0 Å². The summed E-state index contributed by atoms with van der Waals surface area (Å²) >= 11 is 0. The van der Waals surface area contributed by atoms with Crippen LogP contribution in [0.3, 0.4) is 0 Å². The minimum absolute atomic E-state index is 0.0481. The van der Waals surface area contributed by atoms with Crippen molar-refractivity contribution >= 4 is 17.6 Å². The van der Waals surface area contributed by atoms with Crippen molar-refractivity contribution < 1.29 is 14.0 Å². The first-order valence-corrected chi connectivity index (χ1v) is 9.97. The number of amides is 3. The van der Waals surface area contributed by atoms with E-state index in [9.17, 15) is 14.0 Å². The summed E-state index contributed by atoms with van der Waals surface area (Å²) in [4.78, 5) is 32.5. The highest BCUT2D eigenvalue weighted by Crippen LogP contribution is 2.20. The van der Waals surface area contributed by atoms with Crippen LogP contribution < -0.4 is 4.90 Å². The molecule has 0 aliphatic carbocycles. The molecule has 0 atom stereocenters. The summed E-state index contributed by atoms with van der Waals surface area (Å²) in [6.45, 7) is 4.08. The lowest BCUT2D eigenvalue weighted by molar-refractivity contribution is -0.131. The van der Waals surface area contributed by atoms with Crippen molar-refractivity contribution in [2.24, 2.45) is 0 Å². The average molecular weight is 396 g/mol. The van der Waals surface area contributed by atoms with Crippen LogP contribution in [-0.2, 0) is 11.3 Å². The van der Waals surface area contributed by atoms with E-state index in [2.05, 4.69) is 0 Å². The van der Waals surface area contributed by atoms with Crippen LogP contribution in [0, 0.1) is 5.82 Å². The highest BCUT2D eigenvalue weighted by atomic mass is 19.1. The summed E-state index contributed by atoms with van der Waals surface area (Å²) in [5.41, 5.74) is 1.66. The second-order valence-electron chi connectivity index (χ2n) is 7.43. The number of hydrogen-bond donors (Lipinski definition) is 0. The van der Waals surface area contributed by atoms with E-state index in [0.29, 0.717) is 51.5 Å². The van der Waals surface area contributed by atoms with Gasteiger partial charge >= 0.3 is 6.03 Å². The van der Waals surface area contributed by atoms with E-state index in [1.54, 1.807) is 26.8 Å². The molecule has 0 N–H and O–H groups in total. The number of nitrogens with zero attached hydrogens (tertiary/aromatic N) is 4. The van der Waals surface area contributed by atoms with Crippen LogP contribution in [0.15, 0.2) is 54.6 Å². The number of carbonyl (C=O) groups excluding carboxylic acids is 2. The summed E-state index contributed by atoms with van der Waals surface area (Å²) in [6.07, 6.45) is 0. The van der Waals surface area contributed by atoms with Crippen LogP contribution in [0.2, 0.25) is 0 Å². The van der Waals surface area contributed by atoms with Crippen LogP contribution in [0.5, 0.6) is 0 Å². The molecule has 2 heterocycles. The molecule has 7 heteroatoms. The van der Waals surface area contributed by atoms with Gasteiger partial charge in [0.05, 0.1) is 5.69 Å². The molecule has 2 aliphatic heterocycles. The van der Waals surface area contributed by atoms with Gasteiger partial charge in [0.15, 0.2) is 0 Å². The number of benzene rings is 2.